The van der Waals surface area contributed by atoms with Gasteiger partial charge in [-0.25, -0.2) is 13.4 Å². The van der Waals surface area contributed by atoms with Gasteiger partial charge in [-0.1, -0.05) is 11.6 Å². The molecule has 0 aromatic carbocycles. The van der Waals surface area contributed by atoms with Crippen LogP contribution < -0.4 is 4.31 Å². The van der Waals surface area contributed by atoms with Gasteiger partial charge in [-0.3, -0.25) is 4.31 Å². The average Bonchev–Trinajstić information content (AvgIpc) is 2.46. The van der Waals surface area contributed by atoms with E-state index in [2.05, 4.69) is 4.98 Å². The molecule has 0 saturated carbocycles. The van der Waals surface area contributed by atoms with Crippen molar-refractivity contribution >= 4 is 27.4 Å². The molecule has 0 aliphatic carbocycles. The molecule has 1 fully saturated rings. The highest BCUT2D eigenvalue weighted by Crippen LogP contribution is 2.28. The van der Waals surface area contributed by atoms with E-state index >= 15 is 0 Å². The first kappa shape index (κ1) is 9.73. The van der Waals surface area contributed by atoms with Gasteiger partial charge in [0.25, 0.3) is 0 Å². The molecule has 0 N–H and O–H groups in total. The van der Waals surface area contributed by atoms with Gasteiger partial charge >= 0.3 is 0 Å². The van der Waals surface area contributed by atoms with Gasteiger partial charge < -0.3 is 0 Å². The Morgan fingerprint density at radius 2 is 2.29 bits per heavy atom. The van der Waals surface area contributed by atoms with Crippen LogP contribution in [0.2, 0.25) is 5.02 Å². The number of pyridine rings is 1. The van der Waals surface area contributed by atoms with E-state index in [4.69, 9.17) is 11.6 Å². The summed E-state index contributed by atoms with van der Waals surface area (Å²) in [7, 11) is -3.18. The summed E-state index contributed by atoms with van der Waals surface area (Å²) < 4.78 is 24.4. The topological polar surface area (TPSA) is 50.3 Å². The van der Waals surface area contributed by atoms with Crippen LogP contribution in [0.25, 0.3) is 0 Å². The molecule has 0 unspecified atom stereocenters. The Hall–Kier alpha value is -0.810. The Balaban J connectivity index is 2.46. The van der Waals surface area contributed by atoms with E-state index < -0.39 is 10.0 Å². The molecule has 0 bridgehead atoms. The van der Waals surface area contributed by atoms with E-state index in [-0.39, 0.29) is 5.75 Å². The number of hydrogen-bond acceptors (Lipinski definition) is 3. The van der Waals surface area contributed by atoms with Gasteiger partial charge in [-0.05, 0) is 18.6 Å². The lowest BCUT2D eigenvalue weighted by atomic mass is 10.4. The van der Waals surface area contributed by atoms with E-state index in [0.29, 0.717) is 23.8 Å². The first-order chi connectivity index (χ1) is 6.61. The Bertz CT molecular complexity index is 446. The Morgan fingerprint density at radius 1 is 1.50 bits per heavy atom. The van der Waals surface area contributed by atoms with Gasteiger partial charge in [-0.2, -0.15) is 0 Å². The fourth-order valence-corrected chi connectivity index (χ4v) is 3.24. The van der Waals surface area contributed by atoms with Crippen molar-refractivity contribution in [3.8, 4) is 0 Å². The highest BCUT2D eigenvalue weighted by molar-refractivity contribution is 7.93. The molecule has 1 saturated heterocycles. The number of rotatable bonds is 1. The molecule has 2 heterocycles. The fourth-order valence-electron chi connectivity index (χ4n) is 1.44. The van der Waals surface area contributed by atoms with Crippen molar-refractivity contribution in [1.29, 1.82) is 0 Å². The fraction of sp³-hybridized carbons (Fsp3) is 0.375. The maximum absolute atomic E-state index is 11.5. The molecule has 1 aromatic rings. The van der Waals surface area contributed by atoms with Crippen molar-refractivity contribution in [3.05, 3.63) is 23.4 Å². The molecule has 76 valence electrons. The molecule has 14 heavy (non-hydrogen) atoms. The van der Waals surface area contributed by atoms with Crippen LogP contribution in [0, 0.1) is 0 Å². The van der Waals surface area contributed by atoms with Crippen LogP contribution in [0.1, 0.15) is 6.42 Å². The Morgan fingerprint density at radius 3 is 2.86 bits per heavy atom. The third kappa shape index (κ3) is 1.57. The third-order valence-electron chi connectivity index (χ3n) is 2.07. The third-order valence-corrected chi connectivity index (χ3v) is 4.20. The van der Waals surface area contributed by atoms with Crippen molar-refractivity contribution in [2.24, 2.45) is 0 Å². The zero-order valence-electron chi connectivity index (χ0n) is 7.35. The molecular formula is C8H9ClN2O2S. The molecular weight excluding hydrogens is 224 g/mol. The van der Waals surface area contributed by atoms with Gasteiger partial charge in [-0.15, -0.1) is 0 Å². The van der Waals surface area contributed by atoms with Crippen LogP contribution >= 0.6 is 11.6 Å². The first-order valence-electron chi connectivity index (χ1n) is 4.22. The highest BCUT2D eigenvalue weighted by atomic mass is 35.5. The molecule has 1 aromatic heterocycles. The summed E-state index contributed by atoms with van der Waals surface area (Å²) in [5, 5.41) is 0.373. The number of hydrogen-bond donors (Lipinski definition) is 0. The smallest absolute Gasteiger partial charge is 0.236 e. The molecule has 2 rings (SSSR count). The van der Waals surface area contributed by atoms with Gasteiger partial charge in [0.2, 0.25) is 10.0 Å². The molecule has 0 atom stereocenters. The van der Waals surface area contributed by atoms with Crippen LogP contribution in [0.4, 0.5) is 5.82 Å². The summed E-state index contributed by atoms with van der Waals surface area (Å²) in [6.07, 6.45) is 2.17. The SMILES string of the molecule is O=S1(=O)CCCN1c1ncccc1Cl. The molecule has 4 nitrogen and oxygen atoms in total. The molecule has 1 aliphatic rings. The van der Waals surface area contributed by atoms with Crippen molar-refractivity contribution in [3.63, 3.8) is 0 Å². The summed E-state index contributed by atoms with van der Waals surface area (Å²) in [4.78, 5) is 3.97. The minimum Gasteiger partial charge on any atom is -0.252 e. The number of nitrogens with zero attached hydrogens (tertiary/aromatic N) is 2. The quantitative estimate of drug-likeness (QED) is 0.733. The van der Waals surface area contributed by atoms with E-state index in [9.17, 15) is 8.42 Å². The zero-order valence-corrected chi connectivity index (χ0v) is 8.92. The van der Waals surface area contributed by atoms with E-state index in [1.165, 1.54) is 10.5 Å². The summed E-state index contributed by atoms with van der Waals surface area (Å²) in [6.45, 7) is 0.471. The highest BCUT2D eigenvalue weighted by Gasteiger charge is 2.30. The van der Waals surface area contributed by atoms with Crippen LogP contribution in [0.5, 0.6) is 0 Å². The van der Waals surface area contributed by atoms with E-state index in [1.807, 2.05) is 0 Å². The Labute approximate surface area is 87.6 Å². The van der Waals surface area contributed by atoms with Crippen LogP contribution in [0.15, 0.2) is 18.3 Å². The minimum atomic E-state index is -3.18. The average molecular weight is 233 g/mol. The second-order valence-corrected chi connectivity index (χ2v) is 5.47. The van der Waals surface area contributed by atoms with Crippen molar-refractivity contribution in [2.45, 2.75) is 6.42 Å². The number of sulfonamides is 1. The maximum Gasteiger partial charge on any atom is 0.236 e. The molecule has 1 aliphatic heterocycles. The predicted molar refractivity (Wildman–Crippen MR) is 55.0 cm³/mol. The van der Waals surface area contributed by atoms with Crippen LogP contribution in [-0.2, 0) is 10.0 Å². The van der Waals surface area contributed by atoms with Gasteiger partial charge in [0, 0.05) is 12.7 Å². The normalized spacial score (nSPS) is 19.9. The van der Waals surface area contributed by atoms with Gasteiger partial charge in [0.05, 0.1) is 10.8 Å². The number of halogens is 1. The van der Waals surface area contributed by atoms with Gasteiger partial charge in [0.15, 0.2) is 5.82 Å². The number of anilines is 1. The number of aromatic nitrogens is 1. The van der Waals surface area contributed by atoms with Crippen molar-refractivity contribution in [1.82, 2.24) is 4.98 Å². The maximum atomic E-state index is 11.5. The lowest BCUT2D eigenvalue weighted by molar-refractivity contribution is 0.599. The molecule has 6 heteroatoms. The summed E-state index contributed by atoms with van der Waals surface area (Å²) >= 11 is 5.86. The van der Waals surface area contributed by atoms with Crippen molar-refractivity contribution < 1.29 is 8.42 Å². The summed E-state index contributed by atoms with van der Waals surface area (Å²) in [6, 6.07) is 3.31. The monoisotopic (exact) mass is 232 g/mol. The molecule has 0 spiro atoms. The van der Waals surface area contributed by atoms with E-state index in [1.54, 1.807) is 12.1 Å². The zero-order chi connectivity index (χ0) is 10.2. The lowest BCUT2D eigenvalue weighted by Gasteiger charge is -2.16. The molecule has 0 radical (unpaired) electrons. The van der Waals surface area contributed by atoms with E-state index in [0.717, 1.165) is 0 Å². The minimum absolute atomic E-state index is 0.180. The largest absolute Gasteiger partial charge is 0.252 e. The summed E-state index contributed by atoms with van der Waals surface area (Å²) in [5.41, 5.74) is 0. The Kier molecular flexibility index (Phi) is 2.36. The second kappa shape index (κ2) is 3.40. The second-order valence-electron chi connectivity index (χ2n) is 3.05. The predicted octanol–water partition coefficient (Wildman–Crippen LogP) is 1.27. The van der Waals surface area contributed by atoms with Crippen LogP contribution in [-0.4, -0.2) is 25.7 Å². The first-order valence-corrected chi connectivity index (χ1v) is 6.21. The van der Waals surface area contributed by atoms with Gasteiger partial charge in [0.1, 0.15) is 0 Å². The van der Waals surface area contributed by atoms with Crippen LogP contribution in [0.3, 0.4) is 0 Å². The molecule has 0 amide bonds. The lowest BCUT2D eigenvalue weighted by Crippen LogP contribution is -2.26. The van der Waals surface area contributed by atoms with Crippen molar-refractivity contribution in [2.75, 3.05) is 16.6 Å². The standard InChI is InChI=1S/C8H9ClN2O2S/c9-7-3-1-4-10-8(7)11-5-2-6-14(11,12)13/h1,3-4H,2,5-6H2. The summed E-state index contributed by atoms with van der Waals surface area (Å²) in [5.74, 6) is 0.520.